The zero-order chi connectivity index (χ0) is 14.1. The molecule has 0 radical (unpaired) electrons. The van der Waals surface area contributed by atoms with Gasteiger partial charge in [-0.2, -0.15) is 11.8 Å². The third-order valence-corrected chi connectivity index (χ3v) is 6.17. The highest BCUT2D eigenvalue weighted by Crippen LogP contribution is 2.46. The van der Waals surface area contributed by atoms with Crippen LogP contribution in [0.5, 0.6) is 0 Å². The number of thioether (sulfide) groups is 1. The van der Waals surface area contributed by atoms with Crippen molar-refractivity contribution in [3.05, 3.63) is 35.4 Å². The number of ketones is 1. The second-order valence-electron chi connectivity index (χ2n) is 6.78. The first-order valence-electron chi connectivity index (χ1n) is 7.90. The van der Waals surface area contributed by atoms with E-state index in [2.05, 4.69) is 37.7 Å². The normalized spacial score (nSPS) is 28.9. The number of fused-ring (bicyclic) bond motifs is 2. The molecule has 2 atom stereocenters. The first-order chi connectivity index (χ1) is 9.61. The molecule has 2 fully saturated rings. The minimum Gasteiger partial charge on any atom is -0.294 e. The monoisotopic (exact) mass is 288 g/mol. The van der Waals surface area contributed by atoms with Gasteiger partial charge in [0.1, 0.15) is 0 Å². The first-order valence-corrected chi connectivity index (χ1v) is 8.84. The summed E-state index contributed by atoms with van der Waals surface area (Å²) in [5, 5.41) is 1.51. The molecule has 2 heteroatoms. The lowest BCUT2D eigenvalue weighted by atomic mass is 9.89. The third kappa shape index (κ3) is 3.11. The van der Waals surface area contributed by atoms with Crippen LogP contribution < -0.4 is 0 Å². The van der Waals surface area contributed by atoms with E-state index in [0.29, 0.717) is 11.7 Å². The summed E-state index contributed by atoms with van der Waals surface area (Å²) in [4.78, 5) is 12.6. The predicted molar refractivity (Wildman–Crippen MR) is 86.4 cm³/mol. The standard InChI is InChI=1S/C18H24OS/c1-12(2)9-13-3-5-14(6-4-13)18(19)15-10-16-7-8-17(11-15)20-16/h3-6,12,15-17H,7-11H2,1-2H3. The molecule has 2 bridgehead atoms. The Hall–Kier alpha value is -0.760. The highest BCUT2D eigenvalue weighted by Gasteiger charge is 2.37. The summed E-state index contributed by atoms with van der Waals surface area (Å²) in [6.07, 6.45) is 5.96. The molecule has 3 rings (SSSR count). The van der Waals surface area contributed by atoms with Gasteiger partial charge in [-0.25, -0.2) is 0 Å². The number of benzene rings is 1. The largest absolute Gasteiger partial charge is 0.294 e. The summed E-state index contributed by atoms with van der Waals surface area (Å²) in [5.41, 5.74) is 2.27. The van der Waals surface area contributed by atoms with E-state index in [0.717, 1.165) is 35.3 Å². The summed E-state index contributed by atoms with van der Waals surface area (Å²) >= 11 is 2.13. The van der Waals surface area contributed by atoms with Crippen LogP contribution in [-0.4, -0.2) is 16.3 Å². The number of hydrogen-bond donors (Lipinski definition) is 0. The minimum absolute atomic E-state index is 0.282. The van der Waals surface area contributed by atoms with Crippen LogP contribution in [0.25, 0.3) is 0 Å². The van der Waals surface area contributed by atoms with Gasteiger partial charge in [-0.15, -0.1) is 0 Å². The fourth-order valence-electron chi connectivity index (χ4n) is 3.58. The fraction of sp³-hybridized carbons (Fsp3) is 0.611. The Kier molecular flexibility index (Phi) is 4.21. The van der Waals surface area contributed by atoms with Gasteiger partial charge in [-0.05, 0) is 43.6 Å². The molecule has 2 aliphatic rings. The van der Waals surface area contributed by atoms with Gasteiger partial charge >= 0.3 is 0 Å². The van der Waals surface area contributed by atoms with Crippen molar-refractivity contribution in [2.75, 3.05) is 0 Å². The minimum atomic E-state index is 0.282. The molecule has 108 valence electrons. The highest BCUT2D eigenvalue weighted by molar-refractivity contribution is 8.00. The second kappa shape index (κ2) is 5.93. The maximum absolute atomic E-state index is 12.6. The van der Waals surface area contributed by atoms with Crippen molar-refractivity contribution >= 4 is 17.5 Å². The second-order valence-corrected chi connectivity index (χ2v) is 8.39. The Morgan fingerprint density at radius 2 is 1.75 bits per heavy atom. The van der Waals surface area contributed by atoms with Crippen LogP contribution in [0.3, 0.4) is 0 Å². The van der Waals surface area contributed by atoms with Crippen LogP contribution in [0, 0.1) is 11.8 Å². The average molecular weight is 288 g/mol. The maximum Gasteiger partial charge on any atom is 0.166 e. The van der Waals surface area contributed by atoms with Gasteiger partial charge in [-0.1, -0.05) is 38.1 Å². The molecule has 0 N–H and O–H groups in total. The average Bonchev–Trinajstić information content (AvgIpc) is 2.77. The van der Waals surface area contributed by atoms with Crippen molar-refractivity contribution in [1.82, 2.24) is 0 Å². The van der Waals surface area contributed by atoms with Gasteiger partial charge in [0, 0.05) is 22.0 Å². The molecule has 2 unspecified atom stereocenters. The molecule has 20 heavy (non-hydrogen) atoms. The fourth-order valence-corrected chi connectivity index (χ4v) is 5.36. The lowest BCUT2D eigenvalue weighted by molar-refractivity contribution is 0.0907. The van der Waals surface area contributed by atoms with Crippen molar-refractivity contribution in [3.8, 4) is 0 Å². The smallest absolute Gasteiger partial charge is 0.166 e. The number of rotatable bonds is 4. The van der Waals surface area contributed by atoms with E-state index in [9.17, 15) is 4.79 Å². The molecule has 0 spiro atoms. The SMILES string of the molecule is CC(C)Cc1ccc(C(=O)C2CC3CCC(C2)S3)cc1. The van der Waals surface area contributed by atoms with Gasteiger partial charge in [0.25, 0.3) is 0 Å². The molecule has 1 aromatic rings. The van der Waals surface area contributed by atoms with Crippen LogP contribution in [0.15, 0.2) is 24.3 Å². The Morgan fingerprint density at radius 3 is 2.30 bits per heavy atom. The Labute approximate surface area is 126 Å². The summed E-state index contributed by atoms with van der Waals surface area (Å²) in [6.45, 7) is 4.46. The highest BCUT2D eigenvalue weighted by atomic mass is 32.2. The molecule has 2 aliphatic heterocycles. The Balaban J connectivity index is 1.67. The van der Waals surface area contributed by atoms with Gasteiger partial charge in [0.2, 0.25) is 0 Å². The van der Waals surface area contributed by atoms with Crippen molar-refractivity contribution in [1.29, 1.82) is 0 Å². The molecule has 1 aromatic carbocycles. The zero-order valence-corrected chi connectivity index (χ0v) is 13.3. The lowest BCUT2D eigenvalue weighted by Crippen LogP contribution is -2.24. The molecular weight excluding hydrogens is 264 g/mol. The number of carbonyl (C=O) groups excluding carboxylic acids is 1. The Morgan fingerprint density at radius 1 is 1.15 bits per heavy atom. The van der Waals surface area contributed by atoms with E-state index >= 15 is 0 Å². The van der Waals surface area contributed by atoms with E-state index in [1.165, 1.54) is 18.4 Å². The molecule has 0 saturated carbocycles. The van der Waals surface area contributed by atoms with Crippen LogP contribution >= 0.6 is 11.8 Å². The summed E-state index contributed by atoms with van der Waals surface area (Å²) in [5.74, 6) is 1.34. The number of Topliss-reactive ketones (excluding diaryl/α,β-unsaturated/α-hetero) is 1. The Bertz CT molecular complexity index is 465. The maximum atomic E-state index is 12.6. The van der Waals surface area contributed by atoms with E-state index < -0.39 is 0 Å². The third-order valence-electron chi connectivity index (χ3n) is 4.54. The summed E-state index contributed by atoms with van der Waals surface area (Å²) in [7, 11) is 0. The van der Waals surface area contributed by atoms with Crippen molar-refractivity contribution in [3.63, 3.8) is 0 Å². The quantitative estimate of drug-likeness (QED) is 0.744. The van der Waals surface area contributed by atoms with Crippen molar-refractivity contribution < 1.29 is 4.79 Å². The van der Waals surface area contributed by atoms with E-state index in [4.69, 9.17) is 0 Å². The van der Waals surface area contributed by atoms with Crippen LogP contribution in [-0.2, 0) is 6.42 Å². The van der Waals surface area contributed by atoms with E-state index in [-0.39, 0.29) is 5.92 Å². The zero-order valence-electron chi connectivity index (χ0n) is 12.5. The summed E-state index contributed by atoms with van der Waals surface area (Å²) < 4.78 is 0. The molecule has 0 amide bonds. The first kappa shape index (κ1) is 14.2. The van der Waals surface area contributed by atoms with Crippen LogP contribution in [0.4, 0.5) is 0 Å². The molecular formula is C18H24OS. The van der Waals surface area contributed by atoms with Gasteiger partial charge < -0.3 is 0 Å². The molecule has 0 aliphatic carbocycles. The number of hydrogen-bond acceptors (Lipinski definition) is 2. The van der Waals surface area contributed by atoms with Gasteiger partial charge in [-0.3, -0.25) is 4.79 Å². The van der Waals surface area contributed by atoms with Gasteiger partial charge in [0.15, 0.2) is 5.78 Å². The van der Waals surface area contributed by atoms with Crippen molar-refractivity contribution in [2.24, 2.45) is 11.8 Å². The van der Waals surface area contributed by atoms with Gasteiger partial charge in [0.05, 0.1) is 0 Å². The molecule has 2 saturated heterocycles. The van der Waals surface area contributed by atoms with Crippen molar-refractivity contribution in [2.45, 2.75) is 56.5 Å². The molecule has 1 nitrogen and oxygen atoms in total. The molecule has 0 aromatic heterocycles. The lowest BCUT2D eigenvalue weighted by Gasteiger charge is -2.26. The van der Waals surface area contributed by atoms with E-state index in [1.54, 1.807) is 0 Å². The topological polar surface area (TPSA) is 17.1 Å². The van der Waals surface area contributed by atoms with Crippen LogP contribution in [0.1, 0.15) is 55.5 Å². The number of carbonyl (C=O) groups is 1. The predicted octanol–water partition coefficient (Wildman–Crippen LogP) is 4.74. The molecule has 2 heterocycles. The van der Waals surface area contributed by atoms with E-state index in [1.807, 2.05) is 12.1 Å². The summed E-state index contributed by atoms with van der Waals surface area (Å²) in [6, 6.07) is 8.37. The van der Waals surface area contributed by atoms with Crippen LogP contribution in [0.2, 0.25) is 0 Å².